The Bertz CT molecular complexity index is 566. The van der Waals surface area contributed by atoms with Crippen molar-refractivity contribution in [2.75, 3.05) is 5.32 Å². The molecular formula is C15H16BrNO. The van der Waals surface area contributed by atoms with E-state index >= 15 is 0 Å². The van der Waals surface area contributed by atoms with E-state index in [4.69, 9.17) is 0 Å². The van der Waals surface area contributed by atoms with E-state index in [1.165, 1.54) is 5.56 Å². The SMILES string of the molecule is Cc1ccc(NCc2cccc(C)c2O)c(Br)c1. The van der Waals surface area contributed by atoms with Gasteiger partial charge in [-0.2, -0.15) is 0 Å². The van der Waals surface area contributed by atoms with Crippen molar-refractivity contribution < 1.29 is 5.11 Å². The lowest BCUT2D eigenvalue weighted by Crippen LogP contribution is -2.01. The number of halogens is 1. The predicted molar refractivity (Wildman–Crippen MR) is 79.0 cm³/mol. The van der Waals surface area contributed by atoms with Crippen LogP contribution in [0.4, 0.5) is 5.69 Å². The molecule has 2 rings (SSSR count). The fraction of sp³-hybridized carbons (Fsp3) is 0.200. The number of anilines is 1. The molecule has 0 aromatic heterocycles. The van der Waals surface area contributed by atoms with Gasteiger partial charge in [-0.1, -0.05) is 24.3 Å². The van der Waals surface area contributed by atoms with Gasteiger partial charge >= 0.3 is 0 Å². The molecule has 94 valence electrons. The van der Waals surface area contributed by atoms with Gasteiger partial charge in [-0.25, -0.2) is 0 Å². The van der Waals surface area contributed by atoms with E-state index in [0.29, 0.717) is 12.3 Å². The predicted octanol–water partition coefficient (Wildman–Crippen LogP) is 4.38. The van der Waals surface area contributed by atoms with Gasteiger partial charge in [0, 0.05) is 22.3 Å². The second-order valence-corrected chi connectivity index (χ2v) is 5.27. The van der Waals surface area contributed by atoms with Crippen molar-refractivity contribution in [3.8, 4) is 5.75 Å². The van der Waals surface area contributed by atoms with Crippen molar-refractivity contribution in [2.45, 2.75) is 20.4 Å². The third-order valence-corrected chi connectivity index (χ3v) is 3.57. The van der Waals surface area contributed by atoms with Crippen molar-refractivity contribution in [3.63, 3.8) is 0 Å². The Balaban J connectivity index is 2.14. The van der Waals surface area contributed by atoms with Crippen LogP contribution in [0.15, 0.2) is 40.9 Å². The van der Waals surface area contributed by atoms with Crippen molar-refractivity contribution in [3.05, 3.63) is 57.6 Å². The van der Waals surface area contributed by atoms with Gasteiger partial charge in [0.1, 0.15) is 5.75 Å². The maximum atomic E-state index is 9.94. The summed E-state index contributed by atoms with van der Waals surface area (Å²) in [5.41, 5.74) is 4.05. The lowest BCUT2D eigenvalue weighted by Gasteiger charge is -2.11. The molecule has 0 saturated carbocycles. The Morgan fingerprint density at radius 3 is 2.67 bits per heavy atom. The van der Waals surface area contributed by atoms with Crippen LogP contribution in [-0.4, -0.2) is 5.11 Å². The van der Waals surface area contributed by atoms with E-state index in [2.05, 4.69) is 40.3 Å². The number of hydrogen-bond acceptors (Lipinski definition) is 2. The van der Waals surface area contributed by atoms with E-state index in [9.17, 15) is 5.11 Å². The molecule has 2 aromatic rings. The lowest BCUT2D eigenvalue weighted by molar-refractivity contribution is 0.465. The molecule has 0 aliphatic rings. The number of nitrogens with one attached hydrogen (secondary N) is 1. The highest BCUT2D eigenvalue weighted by molar-refractivity contribution is 9.10. The van der Waals surface area contributed by atoms with Crippen LogP contribution in [-0.2, 0) is 6.54 Å². The van der Waals surface area contributed by atoms with Gasteiger partial charge in [-0.15, -0.1) is 0 Å². The zero-order valence-corrected chi connectivity index (χ0v) is 12.1. The number of rotatable bonds is 3. The second kappa shape index (κ2) is 5.44. The topological polar surface area (TPSA) is 32.3 Å². The Hall–Kier alpha value is -1.48. The Morgan fingerprint density at radius 2 is 1.94 bits per heavy atom. The molecule has 0 fully saturated rings. The summed E-state index contributed by atoms with van der Waals surface area (Å²) < 4.78 is 1.04. The largest absolute Gasteiger partial charge is 0.507 e. The molecule has 0 radical (unpaired) electrons. The number of para-hydroxylation sites is 1. The van der Waals surface area contributed by atoms with Crippen LogP contribution in [0.2, 0.25) is 0 Å². The van der Waals surface area contributed by atoms with Crippen LogP contribution in [0.3, 0.4) is 0 Å². The average molecular weight is 306 g/mol. The minimum atomic E-state index is 0.369. The molecular weight excluding hydrogens is 290 g/mol. The summed E-state index contributed by atoms with van der Waals surface area (Å²) in [6.07, 6.45) is 0. The molecule has 0 spiro atoms. The number of phenols is 1. The normalized spacial score (nSPS) is 10.4. The van der Waals surface area contributed by atoms with Crippen LogP contribution in [0, 0.1) is 13.8 Å². The summed E-state index contributed by atoms with van der Waals surface area (Å²) in [5, 5.41) is 13.3. The van der Waals surface area contributed by atoms with Crippen molar-refractivity contribution >= 4 is 21.6 Å². The Labute approximate surface area is 116 Å². The fourth-order valence-corrected chi connectivity index (χ4v) is 2.45. The minimum Gasteiger partial charge on any atom is -0.507 e. The molecule has 0 bridgehead atoms. The van der Waals surface area contributed by atoms with Gasteiger partial charge in [-0.3, -0.25) is 0 Å². The zero-order chi connectivity index (χ0) is 13.1. The van der Waals surface area contributed by atoms with Crippen LogP contribution >= 0.6 is 15.9 Å². The van der Waals surface area contributed by atoms with Crippen LogP contribution in [0.5, 0.6) is 5.75 Å². The fourth-order valence-electron chi connectivity index (χ4n) is 1.82. The number of aryl methyl sites for hydroxylation is 2. The molecule has 2 aromatic carbocycles. The zero-order valence-electron chi connectivity index (χ0n) is 10.5. The summed E-state index contributed by atoms with van der Waals surface area (Å²) >= 11 is 3.53. The molecule has 0 aliphatic heterocycles. The Morgan fingerprint density at radius 1 is 1.17 bits per heavy atom. The summed E-state index contributed by atoms with van der Waals surface area (Å²) in [6.45, 7) is 4.57. The van der Waals surface area contributed by atoms with E-state index < -0.39 is 0 Å². The molecule has 2 nitrogen and oxygen atoms in total. The first-order valence-corrected chi connectivity index (χ1v) is 6.64. The van der Waals surface area contributed by atoms with Crippen molar-refractivity contribution in [2.24, 2.45) is 0 Å². The number of benzene rings is 2. The monoisotopic (exact) mass is 305 g/mol. The highest BCUT2D eigenvalue weighted by atomic mass is 79.9. The highest BCUT2D eigenvalue weighted by Crippen LogP contribution is 2.26. The van der Waals surface area contributed by atoms with E-state index in [1.54, 1.807) is 0 Å². The van der Waals surface area contributed by atoms with Crippen LogP contribution in [0.25, 0.3) is 0 Å². The smallest absolute Gasteiger partial charge is 0.123 e. The summed E-state index contributed by atoms with van der Waals surface area (Å²) in [6, 6.07) is 11.9. The molecule has 0 atom stereocenters. The summed E-state index contributed by atoms with van der Waals surface area (Å²) in [7, 11) is 0. The van der Waals surface area contributed by atoms with Crippen molar-refractivity contribution in [1.29, 1.82) is 0 Å². The molecule has 0 unspecified atom stereocenters. The number of aromatic hydroxyl groups is 1. The summed E-state index contributed by atoms with van der Waals surface area (Å²) in [5.74, 6) is 0.369. The molecule has 18 heavy (non-hydrogen) atoms. The third kappa shape index (κ3) is 2.85. The molecule has 3 heteroatoms. The van der Waals surface area contributed by atoms with Gasteiger partial charge in [-0.05, 0) is 53.0 Å². The molecule has 0 amide bonds. The van der Waals surface area contributed by atoms with E-state index in [0.717, 1.165) is 21.3 Å². The molecule has 0 heterocycles. The standard InChI is InChI=1S/C15H16BrNO/c1-10-6-7-14(13(16)8-10)17-9-12-5-3-4-11(2)15(12)18/h3-8,17-18H,9H2,1-2H3. The minimum absolute atomic E-state index is 0.369. The maximum Gasteiger partial charge on any atom is 0.123 e. The van der Waals surface area contributed by atoms with Gasteiger partial charge in [0.15, 0.2) is 0 Å². The van der Waals surface area contributed by atoms with Gasteiger partial charge < -0.3 is 10.4 Å². The first-order chi connectivity index (χ1) is 8.58. The first kappa shape index (κ1) is 13.0. The molecule has 2 N–H and O–H groups in total. The number of phenolic OH excluding ortho intramolecular Hbond substituents is 1. The Kier molecular flexibility index (Phi) is 3.92. The lowest BCUT2D eigenvalue weighted by atomic mass is 10.1. The van der Waals surface area contributed by atoms with Gasteiger partial charge in [0.05, 0.1) is 0 Å². The van der Waals surface area contributed by atoms with E-state index in [-0.39, 0.29) is 0 Å². The molecule has 0 aliphatic carbocycles. The van der Waals surface area contributed by atoms with Crippen LogP contribution in [0.1, 0.15) is 16.7 Å². The van der Waals surface area contributed by atoms with Gasteiger partial charge in [0.2, 0.25) is 0 Å². The first-order valence-electron chi connectivity index (χ1n) is 5.85. The average Bonchev–Trinajstić information content (AvgIpc) is 2.33. The highest BCUT2D eigenvalue weighted by Gasteiger charge is 2.04. The van der Waals surface area contributed by atoms with Gasteiger partial charge in [0.25, 0.3) is 0 Å². The maximum absolute atomic E-state index is 9.94. The quantitative estimate of drug-likeness (QED) is 0.882. The molecule has 0 saturated heterocycles. The third-order valence-electron chi connectivity index (χ3n) is 2.92. The van der Waals surface area contributed by atoms with E-state index in [1.807, 2.05) is 31.2 Å². The van der Waals surface area contributed by atoms with Crippen LogP contribution < -0.4 is 5.32 Å². The van der Waals surface area contributed by atoms with Crippen molar-refractivity contribution in [1.82, 2.24) is 0 Å². The summed E-state index contributed by atoms with van der Waals surface area (Å²) in [4.78, 5) is 0. The second-order valence-electron chi connectivity index (χ2n) is 4.42. The number of hydrogen-bond donors (Lipinski definition) is 2.